The quantitative estimate of drug-likeness (QED) is 0.638. The Kier molecular flexibility index (Phi) is 5.57. The van der Waals surface area contributed by atoms with E-state index in [1.54, 1.807) is 18.2 Å². The zero-order valence-electron chi connectivity index (χ0n) is 8.98. The number of carboxylic acids is 1. The first-order chi connectivity index (χ1) is 8.43. The number of anilines is 1. The molecule has 1 aromatic rings. The molecule has 1 atom stereocenters. The molecule has 18 heavy (non-hydrogen) atoms. The fraction of sp³-hybridized carbons (Fsp3) is 0.200. The number of aliphatic hydroxyl groups excluding tert-OH is 1. The van der Waals surface area contributed by atoms with Gasteiger partial charge in [-0.3, -0.25) is 0 Å². The summed E-state index contributed by atoms with van der Waals surface area (Å²) in [4.78, 5) is 22.1. The number of carboxylic acid groups (broad SMARTS) is 1. The number of carbonyl (C=O) groups is 2. The Morgan fingerprint density at radius 3 is 2.56 bits per heavy atom. The zero-order chi connectivity index (χ0) is 13.7. The smallest absolute Gasteiger partial charge is 0.328 e. The van der Waals surface area contributed by atoms with E-state index >= 15 is 0 Å². The molecule has 0 aliphatic carbocycles. The maximum atomic E-state index is 11.5. The fourth-order valence-corrected chi connectivity index (χ4v) is 1.80. The number of aliphatic carboxylic acids is 1. The van der Waals surface area contributed by atoms with Gasteiger partial charge in [-0.05, 0) is 34.1 Å². The minimum absolute atomic E-state index is 0.476. The Bertz CT molecular complexity index is 467. The predicted molar refractivity (Wildman–Crippen MR) is 72.5 cm³/mol. The molecule has 98 valence electrons. The van der Waals surface area contributed by atoms with Crippen LogP contribution in [0.15, 0.2) is 27.1 Å². The third kappa shape index (κ3) is 4.28. The summed E-state index contributed by atoms with van der Waals surface area (Å²) >= 11 is 6.49. The van der Waals surface area contributed by atoms with Gasteiger partial charge in [-0.2, -0.15) is 0 Å². The lowest BCUT2D eigenvalue weighted by molar-refractivity contribution is -0.140. The van der Waals surface area contributed by atoms with Crippen molar-refractivity contribution in [2.75, 3.05) is 11.9 Å². The van der Waals surface area contributed by atoms with E-state index in [9.17, 15) is 9.59 Å². The maximum Gasteiger partial charge on any atom is 0.328 e. The van der Waals surface area contributed by atoms with E-state index in [-0.39, 0.29) is 0 Å². The van der Waals surface area contributed by atoms with Crippen molar-refractivity contribution in [1.82, 2.24) is 5.32 Å². The number of benzene rings is 1. The number of urea groups is 1. The van der Waals surface area contributed by atoms with E-state index in [0.29, 0.717) is 10.2 Å². The van der Waals surface area contributed by atoms with Crippen LogP contribution in [0.4, 0.5) is 10.5 Å². The number of aliphatic hydroxyl groups is 1. The van der Waals surface area contributed by atoms with Gasteiger partial charge in [0, 0.05) is 8.95 Å². The normalized spacial score (nSPS) is 11.7. The molecule has 6 nitrogen and oxygen atoms in total. The monoisotopic (exact) mass is 380 g/mol. The van der Waals surface area contributed by atoms with Crippen molar-refractivity contribution in [3.63, 3.8) is 0 Å². The van der Waals surface area contributed by atoms with Crippen LogP contribution in [0, 0.1) is 0 Å². The SMILES string of the molecule is O=C(Nc1cc(Br)ccc1Br)N[C@H](CO)C(=O)O. The highest BCUT2D eigenvalue weighted by Crippen LogP contribution is 2.25. The van der Waals surface area contributed by atoms with Crippen LogP contribution in [0.5, 0.6) is 0 Å². The Morgan fingerprint density at radius 1 is 1.33 bits per heavy atom. The van der Waals surface area contributed by atoms with Crippen LogP contribution in [0.1, 0.15) is 0 Å². The fourth-order valence-electron chi connectivity index (χ4n) is 1.10. The van der Waals surface area contributed by atoms with Crippen molar-refractivity contribution in [2.45, 2.75) is 6.04 Å². The van der Waals surface area contributed by atoms with E-state index in [0.717, 1.165) is 4.47 Å². The minimum Gasteiger partial charge on any atom is -0.480 e. The summed E-state index contributed by atoms with van der Waals surface area (Å²) in [6.45, 7) is -0.678. The van der Waals surface area contributed by atoms with Crippen molar-refractivity contribution >= 4 is 49.5 Å². The van der Waals surface area contributed by atoms with Gasteiger partial charge in [0.2, 0.25) is 0 Å². The van der Waals surface area contributed by atoms with Gasteiger partial charge in [0.05, 0.1) is 12.3 Å². The second-order valence-electron chi connectivity index (χ2n) is 3.30. The van der Waals surface area contributed by atoms with Gasteiger partial charge < -0.3 is 20.8 Å². The first-order valence-corrected chi connectivity index (χ1v) is 6.39. The van der Waals surface area contributed by atoms with E-state index < -0.39 is 24.6 Å². The van der Waals surface area contributed by atoms with Gasteiger partial charge in [0.15, 0.2) is 6.04 Å². The Morgan fingerprint density at radius 2 is 2.00 bits per heavy atom. The summed E-state index contributed by atoms with van der Waals surface area (Å²) in [5.74, 6) is -1.30. The molecule has 0 unspecified atom stereocenters. The summed E-state index contributed by atoms with van der Waals surface area (Å²) in [5, 5.41) is 22.0. The molecular formula is C10H10Br2N2O4. The van der Waals surface area contributed by atoms with Crippen molar-refractivity contribution in [2.24, 2.45) is 0 Å². The number of hydrogen-bond donors (Lipinski definition) is 4. The molecule has 0 heterocycles. The molecule has 0 aliphatic rings. The third-order valence-electron chi connectivity index (χ3n) is 1.96. The van der Waals surface area contributed by atoms with Gasteiger partial charge in [-0.15, -0.1) is 0 Å². The highest BCUT2D eigenvalue weighted by atomic mass is 79.9. The molecule has 0 fully saturated rings. The molecular weight excluding hydrogens is 372 g/mol. The third-order valence-corrected chi connectivity index (χ3v) is 3.15. The number of hydrogen-bond acceptors (Lipinski definition) is 3. The van der Waals surface area contributed by atoms with E-state index in [1.165, 1.54) is 0 Å². The molecule has 2 amide bonds. The summed E-state index contributed by atoms with van der Waals surface area (Å²) in [6.07, 6.45) is 0. The molecule has 0 radical (unpaired) electrons. The van der Waals surface area contributed by atoms with Crippen LogP contribution in [0.25, 0.3) is 0 Å². The predicted octanol–water partition coefficient (Wildman–Crippen LogP) is 1.78. The molecule has 4 N–H and O–H groups in total. The van der Waals surface area contributed by atoms with Crippen LogP contribution in [-0.4, -0.2) is 34.9 Å². The summed E-state index contributed by atoms with van der Waals surface area (Å²) in [5.41, 5.74) is 0.476. The van der Waals surface area contributed by atoms with E-state index in [1.807, 2.05) is 0 Å². The van der Waals surface area contributed by atoms with Gasteiger partial charge in [-0.1, -0.05) is 15.9 Å². The molecule has 1 rings (SSSR count). The standard InChI is InChI=1S/C10H10Br2N2O4/c11-5-1-2-6(12)7(3-5)13-10(18)14-8(4-15)9(16)17/h1-3,8,15H,4H2,(H,16,17)(H2,13,14,18)/t8-/m1/s1. The second-order valence-corrected chi connectivity index (χ2v) is 5.07. The lowest BCUT2D eigenvalue weighted by Gasteiger charge is -2.13. The second kappa shape index (κ2) is 6.72. The van der Waals surface area contributed by atoms with Gasteiger partial charge in [0.1, 0.15) is 0 Å². The molecule has 0 spiro atoms. The number of nitrogens with one attached hydrogen (secondary N) is 2. The Balaban J connectivity index is 2.70. The van der Waals surface area contributed by atoms with Gasteiger partial charge >= 0.3 is 12.0 Å². The van der Waals surface area contributed by atoms with Crippen molar-refractivity contribution in [3.8, 4) is 0 Å². The Hall–Kier alpha value is -1.12. The lowest BCUT2D eigenvalue weighted by Crippen LogP contribution is -2.45. The first-order valence-electron chi connectivity index (χ1n) is 4.80. The molecule has 0 saturated carbocycles. The highest BCUT2D eigenvalue weighted by Gasteiger charge is 2.18. The molecule has 0 aromatic heterocycles. The van der Waals surface area contributed by atoms with Crippen molar-refractivity contribution in [3.05, 3.63) is 27.1 Å². The average Bonchev–Trinajstić information content (AvgIpc) is 2.30. The van der Waals surface area contributed by atoms with Crippen LogP contribution in [0.2, 0.25) is 0 Å². The summed E-state index contributed by atoms with van der Waals surface area (Å²) in [7, 11) is 0. The van der Waals surface area contributed by atoms with Gasteiger partial charge in [0.25, 0.3) is 0 Å². The highest BCUT2D eigenvalue weighted by molar-refractivity contribution is 9.11. The summed E-state index contributed by atoms with van der Waals surface area (Å²) in [6, 6.07) is 3.10. The molecule has 0 aliphatic heterocycles. The van der Waals surface area contributed by atoms with Crippen molar-refractivity contribution in [1.29, 1.82) is 0 Å². The van der Waals surface area contributed by atoms with Crippen LogP contribution in [0.3, 0.4) is 0 Å². The topological polar surface area (TPSA) is 98.7 Å². The molecule has 1 aromatic carbocycles. The van der Waals surface area contributed by atoms with Crippen LogP contribution < -0.4 is 10.6 Å². The van der Waals surface area contributed by atoms with Crippen LogP contribution in [-0.2, 0) is 4.79 Å². The minimum atomic E-state index is -1.34. The van der Waals surface area contributed by atoms with Crippen LogP contribution >= 0.6 is 31.9 Å². The molecule has 8 heteroatoms. The molecule has 0 saturated heterocycles. The maximum absolute atomic E-state index is 11.5. The largest absolute Gasteiger partial charge is 0.480 e. The average molecular weight is 382 g/mol. The molecule has 0 bridgehead atoms. The first kappa shape index (κ1) is 14.9. The number of carbonyl (C=O) groups excluding carboxylic acids is 1. The lowest BCUT2D eigenvalue weighted by atomic mass is 10.3. The number of rotatable bonds is 4. The summed E-state index contributed by atoms with van der Waals surface area (Å²) < 4.78 is 1.41. The zero-order valence-corrected chi connectivity index (χ0v) is 12.2. The van der Waals surface area contributed by atoms with Gasteiger partial charge in [-0.25, -0.2) is 9.59 Å². The van der Waals surface area contributed by atoms with E-state index in [4.69, 9.17) is 10.2 Å². The Labute approximate surface area is 120 Å². The number of halogens is 2. The van der Waals surface area contributed by atoms with E-state index in [2.05, 4.69) is 42.5 Å². The number of amides is 2. The van der Waals surface area contributed by atoms with Crippen molar-refractivity contribution < 1.29 is 19.8 Å².